The van der Waals surface area contributed by atoms with Gasteiger partial charge in [-0.25, -0.2) is 0 Å². The molecule has 0 bridgehead atoms. The second-order valence-corrected chi connectivity index (χ2v) is 4.10. The third kappa shape index (κ3) is 5.12. The van der Waals surface area contributed by atoms with E-state index in [1.807, 2.05) is 0 Å². The zero-order chi connectivity index (χ0) is 14.5. The van der Waals surface area contributed by atoms with Crippen LogP contribution in [0.2, 0.25) is 0 Å². The van der Waals surface area contributed by atoms with Gasteiger partial charge < -0.3 is 16.3 Å². The molecule has 1 heterocycles. The molecule has 1 atom stereocenters. The van der Waals surface area contributed by atoms with Crippen LogP contribution in [0.3, 0.4) is 0 Å². The maximum Gasteiger partial charge on any atom is 0.390 e. The van der Waals surface area contributed by atoms with E-state index in [9.17, 15) is 13.2 Å². The molecule has 0 aromatic carbocycles. The molecule has 0 spiro atoms. The maximum atomic E-state index is 12.2. The van der Waals surface area contributed by atoms with Gasteiger partial charge in [0.25, 0.3) is 0 Å². The number of nitrogens with one attached hydrogen (secondary N) is 1. The highest BCUT2D eigenvalue weighted by atomic mass is 19.4. The van der Waals surface area contributed by atoms with E-state index in [0.29, 0.717) is 5.56 Å². The second-order valence-electron chi connectivity index (χ2n) is 4.10. The summed E-state index contributed by atoms with van der Waals surface area (Å²) in [5, 5.41) is 14.1. The monoisotopic (exact) mass is 276 g/mol. The number of hydrogen-bond donors (Lipinski definition) is 3. The lowest BCUT2D eigenvalue weighted by Crippen LogP contribution is -2.31. The Hall–Kier alpha value is -1.83. The van der Waals surface area contributed by atoms with Gasteiger partial charge in [0.1, 0.15) is 5.69 Å². The molecule has 106 valence electrons. The zero-order valence-electron chi connectivity index (χ0n) is 10.3. The third-order valence-corrected chi connectivity index (χ3v) is 2.42. The Morgan fingerprint density at radius 1 is 1.58 bits per heavy atom. The molecule has 1 aromatic rings. The van der Waals surface area contributed by atoms with Gasteiger partial charge in [-0.3, -0.25) is 4.98 Å². The molecule has 0 fully saturated rings. The SMILES string of the molecule is CC(CC(F)(F)F)NCc1cccnc1/C(N)=N/O. The Morgan fingerprint density at radius 3 is 2.84 bits per heavy atom. The summed E-state index contributed by atoms with van der Waals surface area (Å²) in [4.78, 5) is 3.92. The fourth-order valence-electron chi connectivity index (χ4n) is 1.56. The average Bonchev–Trinajstić information content (AvgIpc) is 2.33. The number of alkyl halides is 3. The summed E-state index contributed by atoms with van der Waals surface area (Å²) < 4.78 is 36.5. The van der Waals surface area contributed by atoms with Crippen LogP contribution in [0.15, 0.2) is 23.5 Å². The number of hydrogen-bond acceptors (Lipinski definition) is 4. The van der Waals surface area contributed by atoms with Crippen LogP contribution in [0.25, 0.3) is 0 Å². The molecule has 0 amide bonds. The Morgan fingerprint density at radius 2 is 2.26 bits per heavy atom. The molecule has 8 heteroatoms. The molecule has 0 aliphatic heterocycles. The number of aromatic nitrogens is 1. The van der Waals surface area contributed by atoms with Crippen molar-refractivity contribution in [1.29, 1.82) is 0 Å². The Balaban J connectivity index is 2.68. The lowest BCUT2D eigenvalue weighted by atomic mass is 10.1. The quantitative estimate of drug-likeness (QED) is 0.330. The molecule has 1 aromatic heterocycles. The number of amidine groups is 1. The van der Waals surface area contributed by atoms with E-state index < -0.39 is 18.6 Å². The second kappa shape index (κ2) is 6.37. The summed E-state index contributed by atoms with van der Waals surface area (Å²) in [5.74, 6) is -0.180. The topological polar surface area (TPSA) is 83.5 Å². The maximum absolute atomic E-state index is 12.2. The molecule has 0 saturated carbocycles. The van der Waals surface area contributed by atoms with Crippen LogP contribution in [-0.2, 0) is 6.54 Å². The Labute approximate surface area is 108 Å². The van der Waals surface area contributed by atoms with Crippen molar-refractivity contribution in [2.75, 3.05) is 0 Å². The van der Waals surface area contributed by atoms with Crippen LogP contribution in [0.5, 0.6) is 0 Å². The molecule has 0 aliphatic rings. The highest BCUT2D eigenvalue weighted by molar-refractivity contribution is 5.96. The first-order valence-electron chi connectivity index (χ1n) is 5.55. The smallest absolute Gasteiger partial charge is 0.390 e. The first-order valence-corrected chi connectivity index (χ1v) is 5.55. The lowest BCUT2D eigenvalue weighted by Gasteiger charge is -2.16. The van der Waals surface area contributed by atoms with Crippen molar-refractivity contribution in [2.24, 2.45) is 10.9 Å². The van der Waals surface area contributed by atoms with E-state index >= 15 is 0 Å². The van der Waals surface area contributed by atoms with Crippen molar-refractivity contribution in [3.05, 3.63) is 29.6 Å². The summed E-state index contributed by atoms with van der Waals surface area (Å²) in [5.41, 5.74) is 6.24. The molecule has 0 radical (unpaired) electrons. The first-order chi connectivity index (χ1) is 8.83. The summed E-state index contributed by atoms with van der Waals surface area (Å²) in [6, 6.07) is 2.54. The minimum atomic E-state index is -4.21. The minimum absolute atomic E-state index is 0.149. The fraction of sp³-hybridized carbons (Fsp3) is 0.455. The summed E-state index contributed by atoms with van der Waals surface area (Å²) in [6.07, 6.45) is -3.68. The van der Waals surface area contributed by atoms with Crippen LogP contribution in [-0.4, -0.2) is 28.2 Å². The van der Waals surface area contributed by atoms with Crippen molar-refractivity contribution >= 4 is 5.84 Å². The van der Waals surface area contributed by atoms with Crippen LogP contribution in [0.4, 0.5) is 13.2 Å². The highest BCUT2D eigenvalue weighted by Crippen LogP contribution is 2.21. The molecule has 1 unspecified atom stereocenters. The summed E-state index contributed by atoms with van der Waals surface area (Å²) >= 11 is 0. The summed E-state index contributed by atoms with van der Waals surface area (Å²) in [7, 11) is 0. The van der Waals surface area contributed by atoms with Gasteiger partial charge in [-0.1, -0.05) is 11.2 Å². The van der Waals surface area contributed by atoms with Crippen LogP contribution in [0.1, 0.15) is 24.6 Å². The van der Waals surface area contributed by atoms with E-state index in [1.165, 1.54) is 13.1 Å². The van der Waals surface area contributed by atoms with Crippen molar-refractivity contribution in [1.82, 2.24) is 10.3 Å². The number of nitrogens with two attached hydrogens (primary N) is 1. The summed E-state index contributed by atoms with van der Waals surface area (Å²) in [6.45, 7) is 1.59. The predicted octanol–water partition coefficient (Wildman–Crippen LogP) is 1.61. The van der Waals surface area contributed by atoms with Gasteiger partial charge in [0.2, 0.25) is 0 Å². The molecule has 4 N–H and O–H groups in total. The highest BCUT2D eigenvalue weighted by Gasteiger charge is 2.29. The van der Waals surface area contributed by atoms with E-state index in [4.69, 9.17) is 10.9 Å². The molecule has 0 saturated heterocycles. The minimum Gasteiger partial charge on any atom is -0.409 e. The largest absolute Gasteiger partial charge is 0.409 e. The van der Waals surface area contributed by atoms with Gasteiger partial charge in [0.15, 0.2) is 5.84 Å². The van der Waals surface area contributed by atoms with Gasteiger partial charge >= 0.3 is 6.18 Å². The van der Waals surface area contributed by atoms with Gasteiger partial charge in [-0.15, -0.1) is 0 Å². The standard InChI is InChI=1S/C11H15F3N4O/c1-7(5-11(12,13)14)17-6-8-3-2-4-16-9(8)10(15)18-19/h2-4,7,17,19H,5-6H2,1H3,(H2,15,18). The zero-order valence-corrected chi connectivity index (χ0v) is 10.3. The first kappa shape index (κ1) is 15.2. The number of rotatable bonds is 5. The van der Waals surface area contributed by atoms with Crippen molar-refractivity contribution < 1.29 is 18.4 Å². The van der Waals surface area contributed by atoms with Gasteiger partial charge in [-0.2, -0.15) is 13.2 Å². The van der Waals surface area contributed by atoms with Crippen molar-refractivity contribution in [3.63, 3.8) is 0 Å². The molecule has 5 nitrogen and oxygen atoms in total. The van der Waals surface area contributed by atoms with E-state index in [-0.39, 0.29) is 18.1 Å². The van der Waals surface area contributed by atoms with E-state index in [1.54, 1.807) is 12.1 Å². The number of halogens is 3. The van der Waals surface area contributed by atoms with Crippen LogP contribution in [0, 0.1) is 0 Å². The van der Waals surface area contributed by atoms with Crippen LogP contribution >= 0.6 is 0 Å². The fourth-order valence-corrected chi connectivity index (χ4v) is 1.56. The molecular weight excluding hydrogens is 261 g/mol. The molecule has 1 rings (SSSR count). The Kier molecular flexibility index (Phi) is 5.11. The van der Waals surface area contributed by atoms with E-state index in [2.05, 4.69) is 15.5 Å². The van der Waals surface area contributed by atoms with Crippen molar-refractivity contribution in [2.45, 2.75) is 32.1 Å². The third-order valence-electron chi connectivity index (χ3n) is 2.42. The van der Waals surface area contributed by atoms with Gasteiger partial charge in [0, 0.05) is 18.8 Å². The Bertz CT molecular complexity index is 448. The number of pyridine rings is 1. The number of nitrogens with zero attached hydrogens (tertiary/aromatic N) is 2. The molecule has 0 aliphatic carbocycles. The number of oxime groups is 1. The lowest BCUT2D eigenvalue weighted by molar-refractivity contribution is -0.139. The molecule has 19 heavy (non-hydrogen) atoms. The molecular formula is C11H15F3N4O. The predicted molar refractivity (Wildman–Crippen MR) is 63.7 cm³/mol. The average molecular weight is 276 g/mol. The van der Waals surface area contributed by atoms with E-state index in [0.717, 1.165) is 0 Å². The van der Waals surface area contributed by atoms with Crippen molar-refractivity contribution in [3.8, 4) is 0 Å². The normalized spacial score (nSPS) is 14.4. The van der Waals surface area contributed by atoms with Crippen LogP contribution < -0.4 is 11.1 Å². The van der Waals surface area contributed by atoms with Gasteiger partial charge in [0.05, 0.1) is 6.42 Å². The van der Waals surface area contributed by atoms with Gasteiger partial charge in [-0.05, 0) is 18.6 Å².